The molecular weight excluding hydrogens is 351 g/mol. The lowest BCUT2D eigenvalue weighted by Gasteiger charge is -2.41. The molecule has 1 heterocycles. The van der Waals surface area contributed by atoms with Crippen LogP contribution in [0.25, 0.3) is 0 Å². The minimum atomic E-state index is -1.34. The number of hydrogen-bond acceptors (Lipinski definition) is 5. The Balaban J connectivity index is 1.65. The Hall–Kier alpha value is -1.44. The van der Waals surface area contributed by atoms with Crippen LogP contribution in [-0.4, -0.2) is 36.4 Å². The van der Waals surface area contributed by atoms with Crippen molar-refractivity contribution in [3.8, 4) is 0 Å². The van der Waals surface area contributed by atoms with Gasteiger partial charge in [-0.05, 0) is 24.6 Å². The molecular formula is C20H25FN2O2S. The van der Waals surface area contributed by atoms with Crippen molar-refractivity contribution in [1.29, 1.82) is 0 Å². The Kier molecular flexibility index (Phi) is 6.67. The van der Waals surface area contributed by atoms with Gasteiger partial charge in [0.1, 0.15) is 23.8 Å². The topological polar surface area (TPSA) is 70.5 Å². The Morgan fingerprint density at radius 3 is 2.46 bits per heavy atom. The molecule has 0 saturated carbocycles. The van der Waals surface area contributed by atoms with E-state index in [0.717, 1.165) is 10.5 Å². The number of ether oxygens (including phenoxy) is 2. The molecule has 3 rings (SSSR count). The van der Waals surface area contributed by atoms with Crippen molar-refractivity contribution in [3.05, 3.63) is 65.7 Å². The van der Waals surface area contributed by atoms with Gasteiger partial charge >= 0.3 is 0 Å². The highest BCUT2D eigenvalue weighted by molar-refractivity contribution is 7.99. The second kappa shape index (κ2) is 8.97. The summed E-state index contributed by atoms with van der Waals surface area (Å²) in [7, 11) is 0. The first kappa shape index (κ1) is 19.3. The molecule has 26 heavy (non-hydrogen) atoms. The summed E-state index contributed by atoms with van der Waals surface area (Å²) in [5, 5.41) is 0. The molecule has 0 aliphatic carbocycles. The van der Waals surface area contributed by atoms with Gasteiger partial charge in [0.25, 0.3) is 0 Å². The summed E-state index contributed by atoms with van der Waals surface area (Å²) in [4.78, 5) is 0.989. The molecule has 0 bridgehead atoms. The number of benzene rings is 2. The molecule has 4 nitrogen and oxygen atoms in total. The average molecular weight is 376 g/mol. The highest BCUT2D eigenvalue weighted by Gasteiger charge is 2.45. The van der Waals surface area contributed by atoms with E-state index in [-0.39, 0.29) is 6.54 Å². The number of halogens is 1. The van der Waals surface area contributed by atoms with Crippen LogP contribution in [0.4, 0.5) is 4.39 Å². The van der Waals surface area contributed by atoms with Crippen LogP contribution in [0.1, 0.15) is 11.1 Å². The number of aryl methyl sites for hydroxylation is 1. The van der Waals surface area contributed by atoms with E-state index in [1.807, 2.05) is 61.5 Å². The normalized spacial score (nSPS) is 28.8. The Morgan fingerprint density at radius 2 is 1.81 bits per heavy atom. The zero-order valence-corrected chi connectivity index (χ0v) is 15.6. The van der Waals surface area contributed by atoms with Gasteiger partial charge in [-0.15, -0.1) is 0 Å². The summed E-state index contributed by atoms with van der Waals surface area (Å²) in [5.41, 5.74) is 13.6. The molecule has 0 amide bonds. The van der Waals surface area contributed by atoms with Crippen LogP contribution in [0.2, 0.25) is 0 Å². The number of hydrogen-bond donors (Lipinski definition) is 2. The van der Waals surface area contributed by atoms with Gasteiger partial charge < -0.3 is 20.9 Å². The summed E-state index contributed by atoms with van der Waals surface area (Å²) < 4.78 is 26.8. The minimum Gasteiger partial charge on any atom is -0.368 e. The lowest BCUT2D eigenvalue weighted by molar-refractivity contribution is -0.157. The number of thioether (sulfide) groups is 1. The molecule has 1 aliphatic heterocycles. The van der Waals surface area contributed by atoms with Crippen LogP contribution in [0.15, 0.2) is 59.5 Å². The van der Waals surface area contributed by atoms with Crippen LogP contribution in [0.3, 0.4) is 0 Å². The van der Waals surface area contributed by atoms with Crippen LogP contribution < -0.4 is 11.5 Å². The number of alkyl halides is 1. The van der Waals surface area contributed by atoms with Gasteiger partial charge in [-0.25, -0.2) is 4.39 Å². The smallest absolute Gasteiger partial charge is 0.147 e. The van der Waals surface area contributed by atoms with Crippen molar-refractivity contribution in [2.45, 2.75) is 48.3 Å². The second-order valence-corrected chi connectivity index (χ2v) is 7.66. The Morgan fingerprint density at radius 1 is 1.12 bits per heavy atom. The van der Waals surface area contributed by atoms with E-state index in [1.54, 1.807) is 0 Å². The minimum absolute atomic E-state index is 0.178. The fourth-order valence-corrected chi connectivity index (χ4v) is 3.99. The van der Waals surface area contributed by atoms with Gasteiger partial charge in [0.05, 0.1) is 12.6 Å². The highest BCUT2D eigenvalue weighted by Crippen LogP contribution is 2.34. The van der Waals surface area contributed by atoms with Gasteiger partial charge in [0.2, 0.25) is 0 Å². The van der Waals surface area contributed by atoms with Gasteiger partial charge in [0.15, 0.2) is 0 Å². The molecule has 140 valence electrons. The predicted molar refractivity (Wildman–Crippen MR) is 103 cm³/mol. The first-order valence-electron chi connectivity index (χ1n) is 8.72. The summed E-state index contributed by atoms with van der Waals surface area (Å²) in [6.45, 7) is 2.50. The van der Waals surface area contributed by atoms with Crippen molar-refractivity contribution in [1.82, 2.24) is 0 Å². The molecule has 0 aromatic heterocycles. The molecule has 2 aromatic carbocycles. The molecule has 2 aromatic rings. The Labute approximate surface area is 158 Å². The lowest BCUT2D eigenvalue weighted by atomic mass is 9.99. The van der Waals surface area contributed by atoms with E-state index in [2.05, 4.69) is 0 Å². The largest absolute Gasteiger partial charge is 0.368 e. The van der Waals surface area contributed by atoms with E-state index < -0.39 is 29.9 Å². The summed E-state index contributed by atoms with van der Waals surface area (Å²) in [6.07, 6.45) is -2.65. The van der Waals surface area contributed by atoms with Crippen molar-refractivity contribution in [2.24, 2.45) is 11.5 Å². The SMILES string of the molecule is Cc1ccc(S[C@H]2O[C@H](CN)[C@@H](OCc3ccccc3)[C@H](F)[C@H]2N)cc1. The molecule has 0 spiro atoms. The maximum atomic E-state index is 15.0. The van der Waals surface area contributed by atoms with Crippen LogP contribution in [0, 0.1) is 6.92 Å². The maximum Gasteiger partial charge on any atom is 0.147 e. The number of nitrogens with two attached hydrogens (primary N) is 2. The van der Waals surface area contributed by atoms with E-state index in [9.17, 15) is 4.39 Å². The molecule has 4 N–H and O–H groups in total. The molecule has 1 fully saturated rings. The van der Waals surface area contributed by atoms with Crippen molar-refractivity contribution in [2.75, 3.05) is 6.54 Å². The summed E-state index contributed by atoms with van der Waals surface area (Å²) in [6, 6.07) is 16.8. The molecule has 0 unspecified atom stereocenters. The van der Waals surface area contributed by atoms with Crippen molar-refractivity contribution in [3.63, 3.8) is 0 Å². The van der Waals surface area contributed by atoms with Gasteiger partial charge in [0, 0.05) is 11.4 Å². The van der Waals surface area contributed by atoms with Crippen LogP contribution in [-0.2, 0) is 16.1 Å². The standard InChI is InChI=1S/C20H25FN2O2S/c1-13-7-9-15(10-8-13)26-20-18(23)17(21)19(16(11-22)25-20)24-12-14-5-3-2-4-6-14/h2-10,16-20H,11-12,22-23H2,1H3/t16-,17-,18-,19-,20-/m1/s1. The van der Waals surface area contributed by atoms with E-state index in [0.29, 0.717) is 6.61 Å². The quantitative estimate of drug-likeness (QED) is 0.811. The Bertz CT molecular complexity index is 684. The van der Waals surface area contributed by atoms with Crippen LogP contribution in [0.5, 0.6) is 0 Å². The molecule has 5 atom stereocenters. The van der Waals surface area contributed by atoms with Gasteiger partial charge in [-0.1, -0.05) is 59.8 Å². The maximum absolute atomic E-state index is 15.0. The molecule has 1 saturated heterocycles. The van der Waals surface area contributed by atoms with Gasteiger partial charge in [-0.3, -0.25) is 0 Å². The summed E-state index contributed by atoms with van der Waals surface area (Å²) in [5.74, 6) is 0. The highest BCUT2D eigenvalue weighted by atomic mass is 32.2. The first-order valence-corrected chi connectivity index (χ1v) is 9.60. The van der Waals surface area contributed by atoms with Crippen molar-refractivity contribution >= 4 is 11.8 Å². The van der Waals surface area contributed by atoms with E-state index in [4.69, 9.17) is 20.9 Å². The fraction of sp³-hybridized carbons (Fsp3) is 0.400. The van der Waals surface area contributed by atoms with Crippen molar-refractivity contribution < 1.29 is 13.9 Å². The predicted octanol–water partition coefficient (Wildman–Crippen LogP) is 3.02. The molecule has 0 radical (unpaired) electrons. The van der Waals surface area contributed by atoms with Crippen LogP contribution >= 0.6 is 11.8 Å². The average Bonchev–Trinajstić information content (AvgIpc) is 2.67. The third-order valence-corrected chi connectivity index (χ3v) is 5.66. The second-order valence-electron chi connectivity index (χ2n) is 6.49. The first-order chi connectivity index (χ1) is 12.6. The monoisotopic (exact) mass is 376 g/mol. The number of rotatable bonds is 6. The third-order valence-electron chi connectivity index (χ3n) is 4.46. The molecule has 6 heteroatoms. The van der Waals surface area contributed by atoms with Gasteiger partial charge in [-0.2, -0.15) is 0 Å². The zero-order chi connectivity index (χ0) is 18.5. The van der Waals surface area contributed by atoms with E-state index >= 15 is 0 Å². The third kappa shape index (κ3) is 4.64. The fourth-order valence-electron chi connectivity index (χ4n) is 2.93. The van der Waals surface area contributed by atoms with E-state index in [1.165, 1.54) is 17.3 Å². The zero-order valence-electron chi connectivity index (χ0n) is 14.8. The lowest BCUT2D eigenvalue weighted by Crippen LogP contribution is -2.60. The summed E-state index contributed by atoms with van der Waals surface area (Å²) >= 11 is 1.42. The molecule has 1 aliphatic rings.